The third-order valence-corrected chi connectivity index (χ3v) is 4.05. The number of carbonyl (C=O) groups excluding carboxylic acids is 1. The van der Waals surface area contributed by atoms with Gasteiger partial charge in [-0.3, -0.25) is 4.79 Å². The molecule has 1 heterocycles. The van der Waals surface area contributed by atoms with E-state index in [4.69, 9.17) is 11.6 Å². The lowest BCUT2D eigenvalue weighted by Crippen LogP contribution is -2.36. The van der Waals surface area contributed by atoms with Crippen molar-refractivity contribution in [3.05, 3.63) is 70.0 Å². The van der Waals surface area contributed by atoms with Crippen LogP contribution in [0.15, 0.2) is 42.5 Å². The average Bonchev–Trinajstić information content (AvgIpc) is 2.49. The van der Waals surface area contributed by atoms with E-state index in [1.807, 2.05) is 24.3 Å². The number of fused-ring (bicyclic) bond motifs is 1. The molecule has 4 heteroatoms. The molecule has 0 aliphatic carbocycles. The van der Waals surface area contributed by atoms with Crippen LogP contribution in [0.5, 0.6) is 0 Å². The predicted octanol–water partition coefficient (Wildman–Crippen LogP) is 3.48. The summed E-state index contributed by atoms with van der Waals surface area (Å²) in [5.41, 5.74) is 2.57. The van der Waals surface area contributed by atoms with Crippen LogP contribution < -0.4 is 5.32 Å². The lowest BCUT2D eigenvalue weighted by Gasteiger charge is -2.26. The minimum Gasteiger partial charge on any atom is -0.303 e. The molecule has 2 aromatic rings. The number of Topliss-reactive ketones (excluding diaryl/α,β-unsaturated/α-hetero) is 1. The molecule has 0 aromatic heterocycles. The predicted molar refractivity (Wildman–Crippen MR) is 81.0 cm³/mol. The average molecular weight is 304 g/mol. The maximum atomic E-state index is 13.8. The maximum absolute atomic E-state index is 13.8. The minimum atomic E-state index is -0.431. The third kappa shape index (κ3) is 2.99. The Morgan fingerprint density at radius 1 is 1.29 bits per heavy atom. The van der Waals surface area contributed by atoms with Crippen molar-refractivity contribution in [2.45, 2.75) is 18.9 Å². The van der Waals surface area contributed by atoms with Crippen molar-refractivity contribution in [3.8, 4) is 0 Å². The molecule has 2 aromatic carbocycles. The van der Waals surface area contributed by atoms with Gasteiger partial charge in [-0.25, -0.2) is 4.39 Å². The van der Waals surface area contributed by atoms with Gasteiger partial charge in [-0.1, -0.05) is 41.9 Å². The van der Waals surface area contributed by atoms with Crippen molar-refractivity contribution in [2.24, 2.45) is 0 Å². The molecule has 1 aliphatic rings. The van der Waals surface area contributed by atoms with Crippen molar-refractivity contribution < 1.29 is 9.18 Å². The highest BCUT2D eigenvalue weighted by Gasteiger charge is 2.26. The molecule has 0 bridgehead atoms. The zero-order valence-corrected chi connectivity index (χ0v) is 12.2. The standard InChI is InChI=1S/C17H15ClFNO/c18-13-6-5-12(15(19)10-13)9-16(21)17-14-4-2-1-3-11(14)7-8-20-17/h1-6,10,17,20H,7-9H2. The van der Waals surface area contributed by atoms with Gasteiger partial charge in [0.25, 0.3) is 0 Å². The fourth-order valence-electron chi connectivity index (χ4n) is 2.75. The zero-order valence-electron chi connectivity index (χ0n) is 11.4. The van der Waals surface area contributed by atoms with Gasteiger partial charge in [0, 0.05) is 18.0 Å². The van der Waals surface area contributed by atoms with Gasteiger partial charge in [-0.05, 0) is 35.2 Å². The van der Waals surface area contributed by atoms with Gasteiger partial charge in [0.15, 0.2) is 5.78 Å². The largest absolute Gasteiger partial charge is 0.303 e. The summed E-state index contributed by atoms with van der Waals surface area (Å²) in [6, 6.07) is 12.0. The smallest absolute Gasteiger partial charge is 0.158 e. The highest BCUT2D eigenvalue weighted by Crippen LogP contribution is 2.25. The minimum absolute atomic E-state index is 0.0247. The van der Waals surface area contributed by atoms with Crippen LogP contribution in [-0.4, -0.2) is 12.3 Å². The zero-order chi connectivity index (χ0) is 14.8. The Bertz CT molecular complexity index is 686. The number of ketones is 1. The lowest BCUT2D eigenvalue weighted by molar-refractivity contribution is -0.120. The maximum Gasteiger partial charge on any atom is 0.158 e. The second kappa shape index (κ2) is 5.96. The quantitative estimate of drug-likeness (QED) is 0.940. The molecule has 0 amide bonds. The number of hydrogen-bond donors (Lipinski definition) is 1. The molecule has 1 N–H and O–H groups in total. The Morgan fingerprint density at radius 2 is 2.10 bits per heavy atom. The SMILES string of the molecule is O=C(Cc1ccc(Cl)cc1F)C1NCCc2ccccc21. The first-order valence-corrected chi connectivity index (χ1v) is 7.31. The van der Waals surface area contributed by atoms with Gasteiger partial charge in [-0.2, -0.15) is 0 Å². The molecule has 2 nitrogen and oxygen atoms in total. The Balaban J connectivity index is 1.83. The highest BCUT2D eigenvalue weighted by atomic mass is 35.5. The van der Waals surface area contributed by atoms with E-state index in [-0.39, 0.29) is 18.2 Å². The lowest BCUT2D eigenvalue weighted by atomic mass is 9.90. The van der Waals surface area contributed by atoms with Crippen molar-refractivity contribution in [1.29, 1.82) is 0 Å². The molecule has 108 valence electrons. The van der Waals surface area contributed by atoms with Crippen LogP contribution >= 0.6 is 11.6 Å². The van der Waals surface area contributed by atoms with E-state index in [1.165, 1.54) is 11.6 Å². The molecular formula is C17H15ClFNO. The first-order valence-electron chi connectivity index (χ1n) is 6.93. The highest BCUT2D eigenvalue weighted by molar-refractivity contribution is 6.30. The number of nitrogens with one attached hydrogen (secondary N) is 1. The molecule has 21 heavy (non-hydrogen) atoms. The van der Waals surface area contributed by atoms with E-state index in [1.54, 1.807) is 12.1 Å². The third-order valence-electron chi connectivity index (χ3n) is 3.81. The molecule has 0 saturated heterocycles. The molecular weight excluding hydrogens is 289 g/mol. The van der Waals surface area contributed by atoms with Crippen LogP contribution in [0.25, 0.3) is 0 Å². The van der Waals surface area contributed by atoms with Gasteiger partial charge in [-0.15, -0.1) is 0 Å². The number of rotatable bonds is 3. The van der Waals surface area contributed by atoms with E-state index >= 15 is 0 Å². The van der Waals surface area contributed by atoms with Gasteiger partial charge in [0.05, 0.1) is 6.04 Å². The first kappa shape index (κ1) is 14.2. The molecule has 0 fully saturated rings. The summed E-state index contributed by atoms with van der Waals surface area (Å²) in [6.07, 6.45) is 0.976. The van der Waals surface area contributed by atoms with E-state index in [0.29, 0.717) is 10.6 Å². The van der Waals surface area contributed by atoms with Gasteiger partial charge < -0.3 is 5.32 Å². The summed E-state index contributed by atoms with van der Waals surface area (Å²) in [6.45, 7) is 0.760. The number of halogens is 2. The summed E-state index contributed by atoms with van der Waals surface area (Å²) in [5.74, 6) is -0.455. The fourth-order valence-corrected chi connectivity index (χ4v) is 2.91. The Hall–Kier alpha value is -1.71. The topological polar surface area (TPSA) is 29.1 Å². The van der Waals surface area contributed by atoms with Gasteiger partial charge >= 0.3 is 0 Å². The van der Waals surface area contributed by atoms with Crippen molar-refractivity contribution in [2.75, 3.05) is 6.54 Å². The van der Waals surface area contributed by atoms with Crippen LogP contribution in [0.3, 0.4) is 0 Å². The van der Waals surface area contributed by atoms with E-state index in [9.17, 15) is 9.18 Å². The van der Waals surface area contributed by atoms with Gasteiger partial charge in [0.2, 0.25) is 0 Å². The molecule has 1 unspecified atom stereocenters. The van der Waals surface area contributed by atoms with E-state index < -0.39 is 5.82 Å². The second-order valence-electron chi connectivity index (χ2n) is 5.21. The summed E-state index contributed by atoms with van der Waals surface area (Å²) < 4.78 is 13.8. The van der Waals surface area contributed by atoms with Crippen LogP contribution in [-0.2, 0) is 17.6 Å². The number of carbonyl (C=O) groups is 1. The monoisotopic (exact) mass is 303 g/mol. The Labute approximate surface area is 127 Å². The molecule has 0 spiro atoms. The van der Waals surface area contributed by atoms with Crippen LogP contribution in [0.4, 0.5) is 4.39 Å². The molecule has 1 aliphatic heterocycles. The molecule has 3 rings (SSSR count). The van der Waals surface area contributed by atoms with E-state index in [0.717, 1.165) is 18.5 Å². The van der Waals surface area contributed by atoms with Crippen LogP contribution in [0, 0.1) is 5.82 Å². The summed E-state index contributed by atoms with van der Waals surface area (Å²) in [7, 11) is 0. The van der Waals surface area contributed by atoms with Crippen molar-refractivity contribution in [3.63, 3.8) is 0 Å². The van der Waals surface area contributed by atoms with Crippen molar-refractivity contribution >= 4 is 17.4 Å². The Morgan fingerprint density at radius 3 is 2.90 bits per heavy atom. The fraction of sp³-hybridized carbons (Fsp3) is 0.235. The normalized spacial score (nSPS) is 17.3. The first-order chi connectivity index (χ1) is 10.1. The number of hydrogen-bond acceptors (Lipinski definition) is 2. The Kier molecular flexibility index (Phi) is 4.04. The number of benzene rings is 2. The van der Waals surface area contributed by atoms with Gasteiger partial charge in [0.1, 0.15) is 5.82 Å². The molecule has 1 atom stereocenters. The summed E-state index contributed by atoms with van der Waals surface area (Å²) >= 11 is 5.73. The van der Waals surface area contributed by atoms with E-state index in [2.05, 4.69) is 5.32 Å². The second-order valence-corrected chi connectivity index (χ2v) is 5.65. The molecule has 0 radical (unpaired) electrons. The summed E-state index contributed by atoms with van der Waals surface area (Å²) in [4.78, 5) is 12.5. The summed E-state index contributed by atoms with van der Waals surface area (Å²) in [5, 5.41) is 3.57. The van der Waals surface area contributed by atoms with Crippen molar-refractivity contribution in [1.82, 2.24) is 5.32 Å². The molecule has 0 saturated carbocycles. The van der Waals surface area contributed by atoms with Crippen LogP contribution in [0.1, 0.15) is 22.7 Å². The van der Waals surface area contributed by atoms with Crippen LogP contribution in [0.2, 0.25) is 5.02 Å².